The third kappa shape index (κ3) is 9.35. The number of likely N-dealkylation sites (tertiary alicyclic amines) is 3. The fraction of sp³-hybridized carbons (Fsp3) is 1.00. The maximum absolute atomic E-state index is 6.79. The van der Waals surface area contributed by atoms with Crippen LogP contribution in [0.3, 0.4) is 0 Å². The monoisotopic (exact) mass is 607 g/mol. The number of piperidine rings is 3. The van der Waals surface area contributed by atoms with Crippen LogP contribution < -0.4 is 0 Å². The number of rotatable bonds is 5. The summed E-state index contributed by atoms with van der Waals surface area (Å²) in [4.78, 5) is 15.5. The lowest BCUT2D eigenvalue weighted by atomic mass is 9.89. The van der Waals surface area contributed by atoms with Crippen molar-refractivity contribution in [1.29, 1.82) is 0 Å². The van der Waals surface area contributed by atoms with E-state index in [2.05, 4.69) is 71.3 Å². The van der Waals surface area contributed by atoms with Crippen molar-refractivity contribution in [1.82, 2.24) is 29.4 Å². The first kappa shape index (κ1) is 34.0. The molecule has 6 heterocycles. The molecule has 0 radical (unpaired) electrons. The van der Waals surface area contributed by atoms with Crippen LogP contribution in [0.15, 0.2) is 0 Å². The Bertz CT molecular complexity index is 808. The smallest absolute Gasteiger partial charge is 0.106 e. The molecule has 250 valence electrons. The lowest BCUT2D eigenvalue weighted by Crippen LogP contribution is -2.67. The van der Waals surface area contributed by atoms with Gasteiger partial charge in [-0.25, -0.2) is 0 Å². The highest BCUT2D eigenvalue weighted by molar-refractivity contribution is 5.00. The van der Waals surface area contributed by atoms with Gasteiger partial charge in [0.25, 0.3) is 0 Å². The second-order valence-electron chi connectivity index (χ2n) is 15.0. The second kappa shape index (κ2) is 16.0. The average Bonchev–Trinajstić information content (AvgIpc) is 3.02. The van der Waals surface area contributed by atoms with Gasteiger partial charge in [-0.2, -0.15) is 0 Å². The quantitative estimate of drug-likeness (QED) is 0.470. The van der Waals surface area contributed by atoms with Gasteiger partial charge in [-0.15, -0.1) is 0 Å². The molecule has 6 aliphatic heterocycles. The van der Waals surface area contributed by atoms with Crippen molar-refractivity contribution in [2.45, 2.75) is 108 Å². The van der Waals surface area contributed by atoms with E-state index >= 15 is 0 Å². The molecule has 4 atom stereocenters. The fourth-order valence-corrected chi connectivity index (χ4v) is 8.50. The number of ether oxygens (including phenoxy) is 3. The molecule has 0 saturated carbocycles. The number of hydrogen-bond donors (Lipinski definition) is 0. The molecule has 0 aliphatic carbocycles. The van der Waals surface area contributed by atoms with Crippen LogP contribution in [0.4, 0.5) is 0 Å². The van der Waals surface area contributed by atoms with Crippen LogP contribution in [0.1, 0.15) is 65.7 Å². The van der Waals surface area contributed by atoms with Gasteiger partial charge in [0.15, 0.2) is 0 Å². The Hall–Kier alpha value is -0.360. The summed E-state index contributed by atoms with van der Waals surface area (Å²) in [6.07, 6.45) is 9.67. The second-order valence-corrected chi connectivity index (χ2v) is 15.0. The third-order valence-corrected chi connectivity index (χ3v) is 11.5. The summed E-state index contributed by atoms with van der Waals surface area (Å²) in [6.45, 7) is 22.6. The largest absolute Gasteiger partial charge is 0.379 e. The van der Waals surface area contributed by atoms with Crippen molar-refractivity contribution in [2.75, 3.05) is 113 Å². The standard InChI is InChI=1S/C24H46N4O2.C10H20N2O/c1-6-22-16-28(21-9-13-26(5)14-10-21)18-24(3,30-22)23-17-27(15-19(2)29-23)20-7-11-25(4)12-8-20;1-11-4-2-10(3-5-11)12-6-8-13-9-7-12/h19-23H,6-18H2,1-5H3;10H,2-9H2,1H3/t19-,22+,23-,24?;/m0./s1. The Morgan fingerprint density at radius 3 is 1.63 bits per heavy atom. The Balaban J connectivity index is 0.000000235. The van der Waals surface area contributed by atoms with Gasteiger partial charge in [0.1, 0.15) is 11.7 Å². The molecule has 0 N–H and O–H groups in total. The Labute approximate surface area is 264 Å². The van der Waals surface area contributed by atoms with E-state index in [1.54, 1.807) is 0 Å². The van der Waals surface area contributed by atoms with Gasteiger partial charge in [-0.05, 0) is 119 Å². The highest BCUT2D eigenvalue weighted by Crippen LogP contribution is 2.34. The molecule has 0 aromatic rings. The molecular formula is C34H66N6O3. The predicted octanol–water partition coefficient (Wildman–Crippen LogP) is 2.55. The Morgan fingerprint density at radius 2 is 1.12 bits per heavy atom. The Kier molecular flexibility index (Phi) is 12.6. The SMILES string of the molecule is CC[C@@H]1CN(C2CCN(C)CC2)CC(C)([C@@H]2CN(C3CCN(C)CC3)C[C@H](C)O2)O1.CN1CCC(N2CCOCC2)CC1. The van der Waals surface area contributed by atoms with Crippen LogP contribution in [-0.4, -0.2) is 184 Å². The third-order valence-electron chi connectivity index (χ3n) is 11.5. The van der Waals surface area contributed by atoms with Crippen molar-refractivity contribution >= 4 is 0 Å². The first-order chi connectivity index (χ1) is 20.7. The van der Waals surface area contributed by atoms with Crippen LogP contribution in [0.2, 0.25) is 0 Å². The van der Waals surface area contributed by atoms with Gasteiger partial charge in [-0.1, -0.05) is 6.92 Å². The molecule has 0 aromatic carbocycles. The summed E-state index contributed by atoms with van der Waals surface area (Å²) in [6, 6.07) is 2.23. The van der Waals surface area contributed by atoms with Crippen molar-refractivity contribution in [3.63, 3.8) is 0 Å². The maximum atomic E-state index is 6.79. The average molecular weight is 607 g/mol. The van der Waals surface area contributed by atoms with Crippen LogP contribution in [-0.2, 0) is 14.2 Å². The van der Waals surface area contributed by atoms with Crippen molar-refractivity contribution < 1.29 is 14.2 Å². The molecule has 9 nitrogen and oxygen atoms in total. The summed E-state index contributed by atoms with van der Waals surface area (Å²) < 4.78 is 18.8. The zero-order valence-corrected chi connectivity index (χ0v) is 28.7. The lowest BCUT2D eigenvalue weighted by Gasteiger charge is -2.54. The van der Waals surface area contributed by atoms with E-state index in [-0.39, 0.29) is 17.8 Å². The number of nitrogens with zero attached hydrogens (tertiary/aromatic N) is 6. The van der Waals surface area contributed by atoms with E-state index in [0.717, 1.165) is 64.9 Å². The van der Waals surface area contributed by atoms with Gasteiger partial charge in [0.05, 0.1) is 25.4 Å². The van der Waals surface area contributed by atoms with Gasteiger partial charge >= 0.3 is 0 Å². The topological polar surface area (TPSA) is 47.1 Å². The molecular weight excluding hydrogens is 540 g/mol. The minimum Gasteiger partial charge on any atom is -0.379 e. The van der Waals surface area contributed by atoms with E-state index in [1.165, 1.54) is 77.8 Å². The van der Waals surface area contributed by atoms with Crippen LogP contribution in [0, 0.1) is 0 Å². The number of morpholine rings is 3. The van der Waals surface area contributed by atoms with Crippen LogP contribution >= 0.6 is 0 Å². The molecule has 1 unspecified atom stereocenters. The number of hydrogen-bond acceptors (Lipinski definition) is 9. The van der Waals surface area contributed by atoms with Crippen LogP contribution in [0.5, 0.6) is 0 Å². The molecule has 0 spiro atoms. The fourth-order valence-electron chi connectivity index (χ4n) is 8.50. The molecule has 6 saturated heterocycles. The zero-order valence-electron chi connectivity index (χ0n) is 28.7. The Morgan fingerprint density at radius 1 is 0.628 bits per heavy atom. The molecule has 0 aromatic heterocycles. The van der Waals surface area contributed by atoms with E-state index in [0.29, 0.717) is 18.2 Å². The molecule has 6 aliphatic rings. The van der Waals surface area contributed by atoms with E-state index in [4.69, 9.17) is 14.2 Å². The van der Waals surface area contributed by atoms with Gasteiger partial charge in [-0.3, -0.25) is 14.7 Å². The maximum Gasteiger partial charge on any atom is 0.106 e. The molecule has 6 rings (SSSR count). The molecule has 0 amide bonds. The first-order valence-electron chi connectivity index (χ1n) is 17.9. The summed E-state index contributed by atoms with van der Waals surface area (Å²) in [5.74, 6) is 0. The minimum atomic E-state index is -0.222. The summed E-state index contributed by atoms with van der Waals surface area (Å²) in [7, 11) is 6.72. The minimum absolute atomic E-state index is 0.157. The molecule has 6 fully saturated rings. The summed E-state index contributed by atoms with van der Waals surface area (Å²) in [5, 5.41) is 0. The van der Waals surface area contributed by atoms with E-state index < -0.39 is 0 Å². The zero-order chi connectivity index (χ0) is 30.4. The van der Waals surface area contributed by atoms with Gasteiger partial charge in [0, 0.05) is 57.4 Å². The molecule has 0 bridgehead atoms. The van der Waals surface area contributed by atoms with Crippen molar-refractivity contribution in [2.24, 2.45) is 0 Å². The van der Waals surface area contributed by atoms with E-state index in [1.807, 2.05) is 0 Å². The van der Waals surface area contributed by atoms with E-state index in [9.17, 15) is 0 Å². The molecule has 9 heteroatoms. The van der Waals surface area contributed by atoms with Crippen molar-refractivity contribution in [3.8, 4) is 0 Å². The lowest BCUT2D eigenvalue weighted by molar-refractivity contribution is -0.238. The normalized spacial score (nSPS) is 36.8. The van der Waals surface area contributed by atoms with Crippen LogP contribution in [0.25, 0.3) is 0 Å². The summed E-state index contributed by atoms with van der Waals surface area (Å²) >= 11 is 0. The first-order valence-corrected chi connectivity index (χ1v) is 17.9. The highest BCUT2D eigenvalue weighted by Gasteiger charge is 2.48. The van der Waals surface area contributed by atoms with Crippen molar-refractivity contribution in [3.05, 3.63) is 0 Å². The molecule has 43 heavy (non-hydrogen) atoms. The predicted molar refractivity (Wildman–Crippen MR) is 175 cm³/mol. The summed E-state index contributed by atoms with van der Waals surface area (Å²) in [5.41, 5.74) is -0.222. The van der Waals surface area contributed by atoms with Gasteiger partial charge < -0.3 is 28.9 Å². The van der Waals surface area contributed by atoms with Gasteiger partial charge in [0.2, 0.25) is 0 Å². The highest BCUT2D eigenvalue weighted by atomic mass is 16.6.